The van der Waals surface area contributed by atoms with Crippen LogP contribution in [0.4, 0.5) is 0 Å². The fourth-order valence-corrected chi connectivity index (χ4v) is 2.46. The molecule has 0 fully saturated rings. The summed E-state index contributed by atoms with van der Waals surface area (Å²) >= 11 is 0. The maximum absolute atomic E-state index is 11.4. The monoisotopic (exact) mass is 354 g/mol. The van der Waals surface area contributed by atoms with Gasteiger partial charge in [-0.05, 0) is 12.8 Å². The van der Waals surface area contributed by atoms with Crippen LogP contribution in [0.25, 0.3) is 0 Å². The van der Waals surface area contributed by atoms with E-state index < -0.39 is 7.82 Å². The lowest BCUT2D eigenvalue weighted by atomic mass is 10.2. The lowest BCUT2D eigenvalue weighted by Crippen LogP contribution is -2.26. The molecule has 1 N–H and O–H groups in total. The normalized spacial score (nSPS) is 15.5. The van der Waals surface area contributed by atoms with E-state index in [9.17, 15) is 9.46 Å². The van der Waals surface area contributed by atoms with E-state index in [0.29, 0.717) is 19.8 Å². The molecule has 6 nitrogen and oxygen atoms in total. The van der Waals surface area contributed by atoms with E-state index in [1.807, 2.05) is 0 Å². The third kappa shape index (κ3) is 15.3. The lowest BCUT2D eigenvalue weighted by Gasteiger charge is -2.19. The van der Waals surface area contributed by atoms with Crippen molar-refractivity contribution >= 4 is 7.82 Å². The van der Waals surface area contributed by atoms with Crippen LogP contribution >= 0.6 is 7.82 Å². The van der Waals surface area contributed by atoms with Gasteiger partial charge in [0.25, 0.3) is 0 Å². The van der Waals surface area contributed by atoms with Gasteiger partial charge >= 0.3 is 7.82 Å². The van der Waals surface area contributed by atoms with E-state index in [1.54, 1.807) is 0 Å². The van der Waals surface area contributed by atoms with E-state index >= 15 is 0 Å². The Bertz CT molecular complexity index is 300. The van der Waals surface area contributed by atoms with Crippen molar-refractivity contribution in [1.82, 2.24) is 0 Å². The largest absolute Gasteiger partial charge is 0.472 e. The predicted molar refractivity (Wildman–Crippen MR) is 91.6 cm³/mol. The van der Waals surface area contributed by atoms with E-state index in [1.165, 1.54) is 25.7 Å². The first-order valence-electron chi connectivity index (χ1n) is 8.78. The minimum Gasteiger partial charge on any atom is -0.379 e. The van der Waals surface area contributed by atoms with Crippen LogP contribution in [0.15, 0.2) is 0 Å². The van der Waals surface area contributed by atoms with Gasteiger partial charge in [0.1, 0.15) is 6.10 Å². The molecule has 0 spiro atoms. The second-order valence-corrected chi connectivity index (χ2v) is 7.20. The van der Waals surface area contributed by atoms with Gasteiger partial charge in [-0.25, -0.2) is 4.57 Å². The Morgan fingerprint density at radius 1 is 0.913 bits per heavy atom. The summed E-state index contributed by atoms with van der Waals surface area (Å²) in [5, 5.41) is 0. The topological polar surface area (TPSA) is 74.2 Å². The highest BCUT2D eigenvalue weighted by Gasteiger charge is 2.21. The van der Waals surface area contributed by atoms with Crippen LogP contribution < -0.4 is 0 Å². The predicted octanol–water partition coefficient (Wildman–Crippen LogP) is 4.31. The summed E-state index contributed by atoms with van der Waals surface area (Å²) in [7, 11) is -2.82. The molecule has 0 aromatic heterocycles. The molecule has 0 aliphatic carbocycles. The summed E-state index contributed by atoms with van der Waals surface area (Å²) in [4.78, 5) is 9.30. The maximum atomic E-state index is 11.4. The standard InChI is InChI=1S/C16H35O6P/c1-4-6-8-10-12-20-14-16(15-22-23(17,18)19-3)21-13-11-9-7-5-2/h16H,4-15H2,1-3H3,(H,17,18). The van der Waals surface area contributed by atoms with Gasteiger partial charge in [-0.15, -0.1) is 0 Å². The Hall–Kier alpha value is 0.0300. The Morgan fingerprint density at radius 3 is 2.09 bits per heavy atom. The summed E-state index contributed by atoms with van der Waals surface area (Å²) in [5.74, 6) is 0. The van der Waals surface area contributed by atoms with E-state index in [-0.39, 0.29) is 12.7 Å². The molecular formula is C16H35O6P. The first kappa shape index (κ1) is 23.0. The van der Waals surface area contributed by atoms with E-state index in [0.717, 1.165) is 32.8 Å². The van der Waals surface area contributed by atoms with Gasteiger partial charge in [-0.2, -0.15) is 0 Å². The van der Waals surface area contributed by atoms with Crippen LogP contribution in [0, 0.1) is 0 Å². The molecule has 0 saturated carbocycles. The summed E-state index contributed by atoms with van der Waals surface area (Å²) in [6.07, 6.45) is 8.70. The zero-order valence-corrected chi connectivity index (χ0v) is 15.9. The van der Waals surface area contributed by atoms with Crippen LogP contribution in [0.2, 0.25) is 0 Å². The molecule has 0 amide bonds. The van der Waals surface area contributed by atoms with Crippen LogP contribution in [0.5, 0.6) is 0 Å². The second kappa shape index (κ2) is 15.6. The average Bonchev–Trinajstić information content (AvgIpc) is 2.54. The SMILES string of the molecule is CCCCCCOCC(COP(=O)(O)OC)OCCCCCC. The third-order valence-electron chi connectivity index (χ3n) is 3.45. The molecular weight excluding hydrogens is 319 g/mol. The van der Waals surface area contributed by atoms with Crippen LogP contribution in [-0.4, -0.2) is 44.5 Å². The van der Waals surface area contributed by atoms with Crippen molar-refractivity contribution in [2.75, 3.05) is 33.5 Å². The first-order chi connectivity index (χ1) is 11.1. The lowest BCUT2D eigenvalue weighted by molar-refractivity contribution is -0.0436. The zero-order chi connectivity index (χ0) is 17.4. The molecule has 0 rings (SSSR count). The number of rotatable bonds is 17. The highest BCUT2D eigenvalue weighted by Crippen LogP contribution is 2.41. The van der Waals surface area contributed by atoms with Gasteiger partial charge in [0, 0.05) is 20.3 Å². The molecule has 0 aliphatic heterocycles. The molecule has 7 heteroatoms. The summed E-state index contributed by atoms with van der Waals surface area (Å²) in [6, 6.07) is 0. The molecule has 0 radical (unpaired) electrons. The Labute approximate surface area is 141 Å². The number of unbranched alkanes of at least 4 members (excludes halogenated alkanes) is 6. The quantitative estimate of drug-likeness (QED) is 0.310. The third-order valence-corrected chi connectivity index (χ3v) is 4.39. The summed E-state index contributed by atoms with van der Waals surface area (Å²) in [6.45, 7) is 5.97. The minimum atomic E-state index is -3.97. The van der Waals surface area contributed by atoms with Crippen LogP contribution in [0.1, 0.15) is 65.2 Å². The van der Waals surface area contributed by atoms with Crippen molar-refractivity contribution in [2.24, 2.45) is 0 Å². The van der Waals surface area contributed by atoms with Gasteiger partial charge in [-0.3, -0.25) is 9.05 Å². The van der Waals surface area contributed by atoms with Crippen LogP contribution in [-0.2, 0) is 23.1 Å². The first-order valence-corrected chi connectivity index (χ1v) is 10.3. The van der Waals surface area contributed by atoms with Gasteiger partial charge < -0.3 is 14.4 Å². The molecule has 140 valence electrons. The second-order valence-electron chi connectivity index (χ2n) is 5.64. The number of hydrogen-bond donors (Lipinski definition) is 1. The number of ether oxygens (including phenoxy) is 2. The molecule has 0 bridgehead atoms. The fourth-order valence-electron chi connectivity index (χ4n) is 2.00. The fraction of sp³-hybridized carbons (Fsp3) is 1.00. The smallest absolute Gasteiger partial charge is 0.379 e. The van der Waals surface area contributed by atoms with Crippen molar-refractivity contribution < 1.29 is 28.0 Å². The van der Waals surface area contributed by atoms with Gasteiger partial charge in [0.15, 0.2) is 0 Å². The molecule has 2 unspecified atom stereocenters. The molecule has 0 heterocycles. The summed E-state index contributed by atoms with van der Waals surface area (Å²) in [5.41, 5.74) is 0. The summed E-state index contributed by atoms with van der Waals surface area (Å²) < 4.78 is 32.0. The van der Waals surface area contributed by atoms with Gasteiger partial charge in [0.2, 0.25) is 0 Å². The number of phosphoric acid groups is 1. The molecule has 0 aliphatic rings. The molecule has 0 saturated heterocycles. The minimum absolute atomic E-state index is 0.00957. The molecule has 2 atom stereocenters. The van der Waals surface area contributed by atoms with Crippen molar-refractivity contribution in [3.63, 3.8) is 0 Å². The van der Waals surface area contributed by atoms with Crippen molar-refractivity contribution in [1.29, 1.82) is 0 Å². The zero-order valence-electron chi connectivity index (χ0n) is 15.0. The highest BCUT2D eigenvalue weighted by atomic mass is 31.2. The average molecular weight is 354 g/mol. The Balaban J connectivity index is 3.98. The Kier molecular flexibility index (Phi) is 15.6. The molecule has 23 heavy (non-hydrogen) atoms. The van der Waals surface area contributed by atoms with Crippen LogP contribution in [0.3, 0.4) is 0 Å². The Morgan fingerprint density at radius 2 is 1.52 bits per heavy atom. The molecule has 0 aromatic rings. The van der Waals surface area contributed by atoms with E-state index in [4.69, 9.17) is 14.0 Å². The van der Waals surface area contributed by atoms with E-state index in [2.05, 4.69) is 18.4 Å². The van der Waals surface area contributed by atoms with Crippen molar-refractivity contribution in [2.45, 2.75) is 71.3 Å². The van der Waals surface area contributed by atoms with Crippen molar-refractivity contribution in [3.05, 3.63) is 0 Å². The highest BCUT2D eigenvalue weighted by molar-refractivity contribution is 7.47. The van der Waals surface area contributed by atoms with Crippen molar-refractivity contribution in [3.8, 4) is 0 Å². The molecule has 0 aromatic carbocycles. The van der Waals surface area contributed by atoms with Gasteiger partial charge in [0.05, 0.1) is 13.2 Å². The number of phosphoric ester groups is 1. The number of hydrogen-bond acceptors (Lipinski definition) is 5. The van der Waals surface area contributed by atoms with Gasteiger partial charge in [-0.1, -0.05) is 52.4 Å². The maximum Gasteiger partial charge on any atom is 0.472 e.